The highest BCUT2D eigenvalue weighted by atomic mass is 32.2. The highest BCUT2D eigenvalue weighted by molar-refractivity contribution is 7.90. The monoisotopic (exact) mass is 247 g/mol. The lowest BCUT2D eigenvalue weighted by atomic mass is 10.2. The van der Waals surface area contributed by atoms with Crippen molar-refractivity contribution in [3.63, 3.8) is 0 Å². The minimum absolute atomic E-state index is 0.0586. The Kier molecular flexibility index (Phi) is 3.24. The molecule has 0 saturated heterocycles. The molecule has 0 aliphatic heterocycles. The van der Waals surface area contributed by atoms with E-state index in [0.29, 0.717) is 10.6 Å². The molecule has 88 valence electrons. The molecule has 0 bridgehead atoms. The molecular weight excluding hydrogens is 234 g/mol. The summed E-state index contributed by atoms with van der Waals surface area (Å²) in [5.41, 5.74) is 1.61. The van der Waals surface area contributed by atoms with E-state index in [4.69, 9.17) is 0 Å². The Balaban J connectivity index is 2.29. The quantitative estimate of drug-likeness (QED) is 0.836. The van der Waals surface area contributed by atoms with Gasteiger partial charge in [0.25, 0.3) is 0 Å². The summed E-state index contributed by atoms with van der Waals surface area (Å²) in [6.45, 7) is 1.93. The van der Waals surface area contributed by atoms with Crippen molar-refractivity contribution in [2.24, 2.45) is 0 Å². The van der Waals surface area contributed by atoms with E-state index in [-0.39, 0.29) is 5.75 Å². The zero-order valence-corrected chi connectivity index (χ0v) is 10.3. The number of aryl methyl sites for hydroxylation is 1. The molecule has 0 aliphatic carbocycles. The third-order valence-electron chi connectivity index (χ3n) is 2.44. The summed E-state index contributed by atoms with van der Waals surface area (Å²) in [7, 11) is -3.29. The van der Waals surface area contributed by atoms with Crippen molar-refractivity contribution >= 4 is 9.84 Å². The molecule has 0 amide bonds. The maximum Gasteiger partial charge on any atom is 0.184 e. The van der Waals surface area contributed by atoms with Crippen LogP contribution in [0.15, 0.2) is 53.6 Å². The predicted octanol–water partition coefficient (Wildman–Crippen LogP) is 2.36. The van der Waals surface area contributed by atoms with Gasteiger partial charge in [0, 0.05) is 6.20 Å². The summed E-state index contributed by atoms with van der Waals surface area (Å²) < 4.78 is 24.1. The zero-order valence-electron chi connectivity index (χ0n) is 9.50. The molecule has 17 heavy (non-hydrogen) atoms. The molecule has 2 aromatic rings. The normalized spacial score (nSPS) is 11.4. The molecule has 0 fully saturated rings. The molecule has 0 radical (unpaired) electrons. The number of benzene rings is 1. The summed E-state index contributed by atoms with van der Waals surface area (Å²) in [5.74, 6) is -0.0586. The SMILES string of the molecule is Cc1ccc(S(=O)(=O)Cc2ccccn2)cc1. The van der Waals surface area contributed by atoms with Crippen LogP contribution in [0.3, 0.4) is 0 Å². The maximum atomic E-state index is 12.1. The molecule has 0 aliphatic rings. The minimum atomic E-state index is -3.29. The maximum absolute atomic E-state index is 12.1. The highest BCUT2D eigenvalue weighted by Crippen LogP contribution is 2.15. The van der Waals surface area contributed by atoms with Crippen LogP contribution in [0.2, 0.25) is 0 Å². The average molecular weight is 247 g/mol. The number of hydrogen-bond donors (Lipinski definition) is 0. The van der Waals surface area contributed by atoms with Crippen molar-refractivity contribution in [3.8, 4) is 0 Å². The average Bonchev–Trinajstić information content (AvgIpc) is 2.30. The van der Waals surface area contributed by atoms with Gasteiger partial charge in [-0.3, -0.25) is 4.98 Å². The third kappa shape index (κ3) is 2.91. The van der Waals surface area contributed by atoms with Gasteiger partial charge in [0.05, 0.1) is 16.3 Å². The van der Waals surface area contributed by atoms with Gasteiger partial charge in [-0.05, 0) is 31.2 Å². The summed E-state index contributed by atoms with van der Waals surface area (Å²) in [6.07, 6.45) is 1.60. The van der Waals surface area contributed by atoms with Gasteiger partial charge in [-0.15, -0.1) is 0 Å². The summed E-state index contributed by atoms with van der Waals surface area (Å²) in [6, 6.07) is 12.1. The molecule has 0 N–H and O–H groups in total. The molecular formula is C13H13NO2S. The fourth-order valence-electron chi connectivity index (χ4n) is 1.51. The van der Waals surface area contributed by atoms with E-state index < -0.39 is 9.84 Å². The van der Waals surface area contributed by atoms with Crippen molar-refractivity contribution in [1.82, 2.24) is 4.98 Å². The number of aromatic nitrogens is 1. The van der Waals surface area contributed by atoms with Crippen LogP contribution in [0.1, 0.15) is 11.3 Å². The minimum Gasteiger partial charge on any atom is -0.260 e. The van der Waals surface area contributed by atoms with Crippen LogP contribution in [-0.4, -0.2) is 13.4 Å². The van der Waals surface area contributed by atoms with E-state index in [1.165, 1.54) is 0 Å². The van der Waals surface area contributed by atoms with Crippen molar-refractivity contribution < 1.29 is 8.42 Å². The van der Waals surface area contributed by atoms with Crippen LogP contribution < -0.4 is 0 Å². The second kappa shape index (κ2) is 4.67. The van der Waals surface area contributed by atoms with Crippen molar-refractivity contribution in [3.05, 3.63) is 59.9 Å². The third-order valence-corrected chi connectivity index (χ3v) is 4.11. The Bertz CT molecular complexity index is 589. The number of hydrogen-bond acceptors (Lipinski definition) is 3. The molecule has 2 rings (SSSR count). The van der Waals surface area contributed by atoms with E-state index in [9.17, 15) is 8.42 Å². The number of nitrogens with zero attached hydrogens (tertiary/aromatic N) is 1. The summed E-state index contributed by atoms with van der Waals surface area (Å²) in [4.78, 5) is 4.37. The smallest absolute Gasteiger partial charge is 0.184 e. The second-order valence-electron chi connectivity index (χ2n) is 3.89. The summed E-state index contributed by atoms with van der Waals surface area (Å²) >= 11 is 0. The van der Waals surface area contributed by atoms with Gasteiger partial charge in [0.2, 0.25) is 0 Å². The fraction of sp³-hybridized carbons (Fsp3) is 0.154. The molecule has 1 aromatic carbocycles. The van der Waals surface area contributed by atoms with Crippen LogP contribution in [0.5, 0.6) is 0 Å². The van der Waals surface area contributed by atoms with Gasteiger partial charge in [-0.1, -0.05) is 23.8 Å². The van der Waals surface area contributed by atoms with Crippen LogP contribution in [0, 0.1) is 6.92 Å². The second-order valence-corrected chi connectivity index (χ2v) is 5.88. The van der Waals surface area contributed by atoms with Gasteiger partial charge in [0.1, 0.15) is 0 Å². The van der Waals surface area contributed by atoms with E-state index in [1.807, 2.05) is 6.92 Å². The van der Waals surface area contributed by atoms with Gasteiger partial charge in [-0.2, -0.15) is 0 Å². The van der Waals surface area contributed by atoms with E-state index in [1.54, 1.807) is 48.7 Å². The molecule has 1 aromatic heterocycles. The Hall–Kier alpha value is -1.68. The van der Waals surface area contributed by atoms with Crippen molar-refractivity contribution in [2.75, 3.05) is 0 Å². The van der Waals surface area contributed by atoms with Gasteiger partial charge in [-0.25, -0.2) is 8.42 Å². The Labute approximate surface area is 101 Å². The Morgan fingerprint density at radius 3 is 2.35 bits per heavy atom. The standard InChI is InChI=1S/C13H13NO2S/c1-11-5-7-13(8-6-11)17(15,16)10-12-4-2-3-9-14-12/h2-9H,10H2,1H3. The highest BCUT2D eigenvalue weighted by Gasteiger charge is 2.15. The molecule has 0 saturated carbocycles. The first-order chi connectivity index (χ1) is 8.08. The number of pyridine rings is 1. The van der Waals surface area contributed by atoms with Gasteiger partial charge in [0.15, 0.2) is 9.84 Å². The van der Waals surface area contributed by atoms with Crippen LogP contribution in [0.25, 0.3) is 0 Å². The lowest BCUT2D eigenvalue weighted by Crippen LogP contribution is -2.06. The number of sulfone groups is 1. The molecule has 1 heterocycles. The van der Waals surface area contributed by atoms with Gasteiger partial charge >= 0.3 is 0 Å². The first-order valence-electron chi connectivity index (χ1n) is 5.27. The van der Waals surface area contributed by atoms with E-state index in [2.05, 4.69) is 4.98 Å². The van der Waals surface area contributed by atoms with Crippen LogP contribution >= 0.6 is 0 Å². The van der Waals surface area contributed by atoms with Crippen LogP contribution in [0.4, 0.5) is 0 Å². The topological polar surface area (TPSA) is 47.0 Å². The molecule has 0 atom stereocenters. The molecule has 4 heteroatoms. The Morgan fingerprint density at radius 1 is 1.06 bits per heavy atom. The first kappa shape index (κ1) is 11.8. The summed E-state index contributed by atoms with van der Waals surface area (Å²) in [5, 5.41) is 0. The lowest BCUT2D eigenvalue weighted by molar-refractivity contribution is 0.594. The largest absolute Gasteiger partial charge is 0.260 e. The first-order valence-corrected chi connectivity index (χ1v) is 6.92. The van der Waals surface area contributed by atoms with Crippen LogP contribution in [-0.2, 0) is 15.6 Å². The lowest BCUT2D eigenvalue weighted by Gasteiger charge is -2.04. The van der Waals surface area contributed by atoms with Crippen molar-refractivity contribution in [1.29, 1.82) is 0 Å². The predicted molar refractivity (Wildman–Crippen MR) is 66.3 cm³/mol. The van der Waals surface area contributed by atoms with Gasteiger partial charge < -0.3 is 0 Å². The zero-order chi connectivity index (χ0) is 12.3. The van der Waals surface area contributed by atoms with Crippen molar-refractivity contribution in [2.45, 2.75) is 17.6 Å². The molecule has 0 unspecified atom stereocenters. The van der Waals surface area contributed by atoms with E-state index in [0.717, 1.165) is 5.56 Å². The number of rotatable bonds is 3. The molecule has 3 nitrogen and oxygen atoms in total. The molecule has 0 spiro atoms. The Morgan fingerprint density at radius 2 is 1.76 bits per heavy atom. The fourth-order valence-corrected chi connectivity index (χ4v) is 2.78. The van der Waals surface area contributed by atoms with E-state index >= 15 is 0 Å².